The second kappa shape index (κ2) is 10.4. The van der Waals surface area contributed by atoms with Crippen molar-refractivity contribution in [2.45, 2.75) is 19.3 Å². The molecule has 0 saturated carbocycles. The predicted molar refractivity (Wildman–Crippen MR) is 129 cm³/mol. The Balaban J connectivity index is 1.36. The Morgan fingerprint density at radius 1 is 0.938 bits per heavy atom. The van der Waals surface area contributed by atoms with Crippen LogP contribution < -0.4 is 4.74 Å². The maximum Gasteiger partial charge on any atom is 0.272 e. The number of ether oxygens (including phenoxy) is 1. The first kappa shape index (κ1) is 21.2. The molecule has 3 aromatic carbocycles. The molecule has 5 nitrogen and oxygen atoms in total. The number of hydrogen-bond donors (Lipinski definition) is 0. The minimum absolute atomic E-state index is 0.233. The second-order valence-electron chi connectivity index (χ2n) is 7.44. The van der Waals surface area contributed by atoms with E-state index in [1.54, 1.807) is 6.08 Å². The molecule has 0 amide bonds. The molecule has 0 fully saturated rings. The van der Waals surface area contributed by atoms with Crippen molar-refractivity contribution >= 4 is 23.0 Å². The van der Waals surface area contributed by atoms with Crippen molar-refractivity contribution in [3.63, 3.8) is 0 Å². The van der Waals surface area contributed by atoms with Crippen molar-refractivity contribution < 1.29 is 9.53 Å². The maximum atomic E-state index is 12.5. The van der Waals surface area contributed by atoms with Crippen molar-refractivity contribution in [1.29, 1.82) is 0 Å². The molecule has 0 aliphatic heterocycles. The van der Waals surface area contributed by atoms with E-state index in [0.717, 1.165) is 48.3 Å². The topological polar surface area (TPSA) is 57.0 Å². The predicted octanol–water partition coefficient (Wildman–Crippen LogP) is 6.19. The number of nitrogens with zero attached hydrogens (tertiary/aromatic N) is 3. The Morgan fingerprint density at radius 3 is 2.41 bits per heavy atom. The van der Waals surface area contributed by atoms with Crippen molar-refractivity contribution in [1.82, 2.24) is 15.0 Å². The molecular formula is C27H25N3O2. The summed E-state index contributed by atoms with van der Waals surface area (Å²) in [6.07, 6.45) is 8.39. The first-order valence-electron chi connectivity index (χ1n) is 10.7. The maximum absolute atomic E-state index is 12.5. The molecule has 4 rings (SSSR count). The minimum Gasteiger partial charge on any atom is -0.494 e. The van der Waals surface area contributed by atoms with Gasteiger partial charge in [0.1, 0.15) is 11.3 Å². The van der Waals surface area contributed by atoms with Gasteiger partial charge in [0.15, 0.2) is 0 Å². The molecule has 32 heavy (non-hydrogen) atoms. The largest absolute Gasteiger partial charge is 0.494 e. The third-order valence-electron chi connectivity index (χ3n) is 5.15. The van der Waals surface area contributed by atoms with Crippen LogP contribution in [0.3, 0.4) is 0 Å². The third-order valence-corrected chi connectivity index (χ3v) is 5.15. The van der Waals surface area contributed by atoms with E-state index < -0.39 is 0 Å². The zero-order valence-electron chi connectivity index (χ0n) is 17.9. The van der Waals surface area contributed by atoms with E-state index in [4.69, 9.17) is 4.74 Å². The fourth-order valence-electron chi connectivity index (χ4n) is 3.38. The van der Waals surface area contributed by atoms with Gasteiger partial charge in [0.2, 0.25) is 0 Å². The van der Waals surface area contributed by atoms with Gasteiger partial charge < -0.3 is 4.74 Å². The Kier molecular flexibility index (Phi) is 6.88. The lowest BCUT2D eigenvalue weighted by Gasteiger charge is -2.07. The van der Waals surface area contributed by atoms with E-state index in [9.17, 15) is 4.79 Å². The highest BCUT2D eigenvalue weighted by Crippen LogP contribution is 2.23. The summed E-state index contributed by atoms with van der Waals surface area (Å²) >= 11 is 0. The number of allylic oxidation sites excluding steroid dienone is 2. The fourth-order valence-corrected chi connectivity index (χ4v) is 3.38. The first-order valence-corrected chi connectivity index (χ1v) is 10.7. The highest BCUT2D eigenvalue weighted by molar-refractivity contribution is 5.98. The van der Waals surface area contributed by atoms with Crippen LogP contribution in [0, 0.1) is 0 Å². The smallest absolute Gasteiger partial charge is 0.272 e. The van der Waals surface area contributed by atoms with E-state index in [1.165, 1.54) is 10.8 Å². The number of unbranched alkanes of at least 4 members (excludes halogenated alkanes) is 2. The molecule has 0 aliphatic rings. The number of fused-ring (bicyclic) bond motifs is 1. The monoisotopic (exact) mass is 423 g/mol. The normalized spacial score (nSPS) is 11.1. The molecule has 1 heterocycles. The molecule has 0 unspecified atom stereocenters. The summed E-state index contributed by atoms with van der Waals surface area (Å²) in [7, 11) is 0. The van der Waals surface area contributed by atoms with Gasteiger partial charge in [-0.15, -0.1) is 11.7 Å². The quantitative estimate of drug-likeness (QED) is 0.183. The number of hydrogen-bond acceptors (Lipinski definition) is 4. The van der Waals surface area contributed by atoms with Crippen LogP contribution in [-0.4, -0.2) is 27.5 Å². The van der Waals surface area contributed by atoms with Crippen LogP contribution in [0.4, 0.5) is 0 Å². The van der Waals surface area contributed by atoms with E-state index in [0.29, 0.717) is 11.0 Å². The van der Waals surface area contributed by atoms with Gasteiger partial charge in [-0.05, 0) is 66.3 Å². The second-order valence-corrected chi connectivity index (χ2v) is 7.44. The molecule has 0 atom stereocenters. The lowest BCUT2D eigenvalue weighted by molar-refractivity contribution is 0.0958. The van der Waals surface area contributed by atoms with E-state index in [-0.39, 0.29) is 5.91 Å². The molecule has 0 radical (unpaired) electrons. The minimum atomic E-state index is -0.233. The van der Waals surface area contributed by atoms with E-state index in [2.05, 4.69) is 29.0 Å². The Labute approximate surface area is 187 Å². The molecule has 0 spiro atoms. The average Bonchev–Trinajstić information content (AvgIpc) is 3.28. The lowest BCUT2D eigenvalue weighted by Crippen LogP contribution is -2.08. The SMILES string of the molecule is C=CCCCCOc1ccc(-c2ccc(C=CC(=O)n3nnc4ccccc43)cc2)cc1. The van der Waals surface area contributed by atoms with Gasteiger partial charge >= 0.3 is 0 Å². The van der Waals surface area contributed by atoms with Crippen molar-refractivity contribution in [3.8, 4) is 16.9 Å². The molecule has 1 aromatic heterocycles. The van der Waals surface area contributed by atoms with Crippen molar-refractivity contribution in [3.05, 3.63) is 97.1 Å². The summed E-state index contributed by atoms with van der Waals surface area (Å²) in [6, 6.07) is 23.6. The van der Waals surface area contributed by atoms with Crippen LogP contribution in [0.5, 0.6) is 5.75 Å². The Morgan fingerprint density at radius 2 is 1.66 bits per heavy atom. The molecule has 0 N–H and O–H groups in total. The summed E-state index contributed by atoms with van der Waals surface area (Å²) in [5.41, 5.74) is 4.55. The fraction of sp³-hybridized carbons (Fsp3) is 0.148. The van der Waals surface area contributed by atoms with Crippen molar-refractivity contribution in [2.24, 2.45) is 0 Å². The molecule has 4 aromatic rings. The summed E-state index contributed by atoms with van der Waals surface area (Å²) in [6.45, 7) is 4.45. The highest BCUT2D eigenvalue weighted by Gasteiger charge is 2.08. The van der Waals surface area contributed by atoms with Crippen molar-refractivity contribution in [2.75, 3.05) is 6.61 Å². The van der Waals surface area contributed by atoms with Gasteiger partial charge in [-0.25, -0.2) is 0 Å². The van der Waals surface area contributed by atoms with E-state index >= 15 is 0 Å². The summed E-state index contributed by atoms with van der Waals surface area (Å²) in [4.78, 5) is 12.5. The van der Waals surface area contributed by atoms with Crippen LogP contribution in [0.15, 0.2) is 91.5 Å². The first-order chi connectivity index (χ1) is 15.7. The summed E-state index contributed by atoms with van der Waals surface area (Å²) in [5.74, 6) is 0.647. The van der Waals surface area contributed by atoms with Gasteiger partial charge in [0.05, 0.1) is 12.1 Å². The zero-order chi connectivity index (χ0) is 22.2. The molecular weight excluding hydrogens is 398 g/mol. The number of aromatic nitrogens is 3. The van der Waals surface area contributed by atoms with Gasteiger partial charge in [0, 0.05) is 6.08 Å². The number of para-hydroxylation sites is 1. The van der Waals surface area contributed by atoms with Gasteiger partial charge in [-0.3, -0.25) is 4.79 Å². The molecule has 160 valence electrons. The zero-order valence-corrected chi connectivity index (χ0v) is 17.9. The lowest BCUT2D eigenvalue weighted by atomic mass is 10.0. The van der Waals surface area contributed by atoms with Gasteiger partial charge in [-0.1, -0.05) is 59.8 Å². The third kappa shape index (κ3) is 5.19. The van der Waals surface area contributed by atoms with Crippen LogP contribution in [0.25, 0.3) is 28.2 Å². The van der Waals surface area contributed by atoms with Crippen LogP contribution in [0.1, 0.15) is 29.6 Å². The summed E-state index contributed by atoms with van der Waals surface area (Å²) < 4.78 is 7.10. The standard InChI is InChI=1S/C27H25N3O2/c1-2-3-4-7-20-32-24-17-15-23(16-18-24)22-13-10-21(11-14-22)12-19-27(31)30-26-9-6-5-8-25(26)28-29-30/h2,5-6,8-19H,1,3-4,7,20H2. The Hall–Kier alpha value is -3.99. The number of benzene rings is 3. The number of carbonyl (C=O) groups is 1. The highest BCUT2D eigenvalue weighted by atomic mass is 16.5. The molecule has 0 aliphatic carbocycles. The van der Waals surface area contributed by atoms with Crippen LogP contribution >= 0.6 is 0 Å². The van der Waals surface area contributed by atoms with Crippen LogP contribution in [-0.2, 0) is 0 Å². The number of carbonyl (C=O) groups excluding carboxylic acids is 1. The van der Waals surface area contributed by atoms with E-state index in [1.807, 2.05) is 66.7 Å². The van der Waals surface area contributed by atoms with Crippen LogP contribution in [0.2, 0.25) is 0 Å². The summed E-state index contributed by atoms with van der Waals surface area (Å²) in [5, 5.41) is 7.97. The molecule has 5 heteroatoms. The molecule has 0 saturated heterocycles. The van der Waals surface area contributed by atoms with Gasteiger partial charge in [-0.2, -0.15) is 4.68 Å². The number of rotatable bonds is 9. The average molecular weight is 424 g/mol. The Bertz CT molecular complexity index is 1220. The van der Waals surface area contributed by atoms with Gasteiger partial charge in [0.25, 0.3) is 5.91 Å². The molecule has 0 bridgehead atoms.